The van der Waals surface area contributed by atoms with Crippen LogP contribution >= 0.6 is 24.8 Å². The van der Waals surface area contributed by atoms with Crippen LogP contribution in [0.15, 0.2) is 96.1 Å². The Kier molecular flexibility index (Phi) is 12.0. The minimum absolute atomic E-state index is 0. The zero-order valence-electron chi connectivity index (χ0n) is 33.0. The van der Waals surface area contributed by atoms with Crippen LogP contribution < -0.4 is 0 Å². The number of benzene rings is 4. The van der Waals surface area contributed by atoms with Crippen molar-refractivity contribution >= 4 is 43.8 Å². The Labute approximate surface area is 341 Å². The van der Waals surface area contributed by atoms with Gasteiger partial charge in [0.05, 0.1) is 0 Å². The first-order valence-corrected chi connectivity index (χ1v) is 34.9. The number of rotatable bonds is 7. The second kappa shape index (κ2) is 16.1. The van der Waals surface area contributed by atoms with Gasteiger partial charge in [0.15, 0.2) is 0 Å². The standard InChI is InChI=1S/C26H29.C22H23.2CH3.2ClH.H2Si.Zr/c1-2-7-19(8-3-1)21-13-15-22(16-14-21)25-12-6-11-23-17-24(18-26(23)25)20-9-4-5-10-20;1-16-14-20-8-5-9-21(22(20)15-16)19-12-10-18(11-13-19)17-6-3-2-4-7-17;;;;;;/h6,11-20H,1-5,7-10H2;5,8-15,17H,2-4,6-7H2,1H3;2*1H3;2*1H;1H2;. The Hall–Kier alpha value is -1.96. The molecule has 0 bridgehead atoms. The molecular weight excluding hydrogens is 791 g/mol. The summed E-state index contributed by atoms with van der Waals surface area (Å²) in [7, 11) is 0. The maximum absolute atomic E-state index is 3.69. The molecule has 2 atom stereocenters. The first-order chi connectivity index (χ1) is 25.3. The van der Waals surface area contributed by atoms with Crippen molar-refractivity contribution in [1.82, 2.24) is 0 Å². The molecule has 0 radical (unpaired) electrons. The van der Waals surface area contributed by atoms with E-state index in [0.29, 0.717) is 7.25 Å². The fourth-order valence-electron chi connectivity index (χ4n) is 12.3. The fourth-order valence-corrected chi connectivity index (χ4v) is 32.7. The average Bonchev–Trinajstić information content (AvgIpc) is 3.93. The molecule has 5 aliphatic rings. The van der Waals surface area contributed by atoms with Gasteiger partial charge in [-0.25, -0.2) is 0 Å². The first kappa shape index (κ1) is 40.2. The van der Waals surface area contributed by atoms with Crippen LogP contribution in [0.3, 0.4) is 0 Å². The van der Waals surface area contributed by atoms with Crippen LogP contribution in [0.5, 0.6) is 0 Å². The van der Waals surface area contributed by atoms with Gasteiger partial charge in [-0.2, -0.15) is 0 Å². The second-order valence-corrected chi connectivity index (χ2v) is 49.3. The van der Waals surface area contributed by atoms with Crippen molar-refractivity contribution in [2.75, 3.05) is 0 Å². The predicted octanol–water partition coefficient (Wildman–Crippen LogP) is 15.1. The molecule has 3 saturated carbocycles. The van der Waals surface area contributed by atoms with E-state index < -0.39 is 17.4 Å². The molecule has 0 nitrogen and oxygen atoms in total. The van der Waals surface area contributed by atoms with E-state index in [2.05, 4.69) is 120 Å². The molecular formula is C50H62Cl2SiZr. The van der Waals surface area contributed by atoms with Crippen molar-refractivity contribution in [2.24, 2.45) is 5.92 Å². The zero-order chi connectivity index (χ0) is 35.5. The van der Waals surface area contributed by atoms with Gasteiger partial charge in [-0.15, -0.1) is 24.8 Å². The van der Waals surface area contributed by atoms with Crippen molar-refractivity contribution in [3.05, 3.63) is 129 Å². The van der Waals surface area contributed by atoms with E-state index in [1.165, 1.54) is 118 Å². The van der Waals surface area contributed by atoms with Gasteiger partial charge in [-0.1, -0.05) is 0 Å². The van der Waals surface area contributed by atoms with Crippen LogP contribution in [0.4, 0.5) is 0 Å². The maximum Gasteiger partial charge on any atom is -0.147 e. The summed E-state index contributed by atoms with van der Waals surface area (Å²) >= 11 is -3.69. The zero-order valence-corrected chi connectivity index (χ0v) is 38.6. The van der Waals surface area contributed by atoms with E-state index in [-0.39, 0.29) is 24.8 Å². The topological polar surface area (TPSA) is 0 Å². The quantitative estimate of drug-likeness (QED) is 0.163. The molecule has 5 aliphatic carbocycles. The molecule has 0 N–H and O–H groups in total. The van der Waals surface area contributed by atoms with Gasteiger partial charge in [0.25, 0.3) is 0 Å². The number of hydrogen-bond donors (Lipinski definition) is 0. The van der Waals surface area contributed by atoms with E-state index in [1.54, 1.807) is 39.0 Å². The fraction of sp³-hybridized carbons (Fsp3) is 0.440. The second-order valence-electron chi connectivity index (χ2n) is 18.8. The molecule has 0 spiro atoms. The maximum atomic E-state index is 2.84. The van der Waals surface area contributed by atoms with Gasteiger partial charge < -0.3 is 0 Å². The molecule has 284 valence electrons. The third kappa shape index (κ3) is 7.23. The largest absolute Gasteiger partial charge is 0.147 e. The Balaban J connectivity index is 0.00000225. The molecule has 0 aliphatic heterocycles. The molecule has 3 fully saturated rings. The van der Waals surface area contributed by atoms with Crippen LogP contribution in [0.25, 0.3) is 34.4 Å². The first-order valence-electron chi connectivity index (χ1n) is 21.2. The van der Waals surface area contributed by atoms with Crippen LogP contribution in [0, 0.1) is 5.92 Å². The molecule has 4 heteroatoms. The Morgan fingerprint density at radius 3 is 1.37 bits per heavy atom. The molecule has 4 aromatic rings. The van der Waals surface area contributed by atoms with Crippen LogP contribution in [-0.2, 0) is 17.4 Å². The predicted molar refractivity (Wildman–Crippen MR) is 239 cm³/mol. The van der Waals surface area contributed by atoms with Crippen molar-refractivity contribution < 1.29 is 17.4 Å². The third-order valence-corrected chi connectivity index (χ3v) is 32.3. The Morgan fingerprint density at radius 1 is 0.481 bits per heavy atom. The smallest absolute Gasteiger partial charge is 0.147 e. The van der Waals surface area contributed by atoms with Crippen molar-refractivity contribution in [1.29, 1.82) is 0 Å². The van der Waals surface area contributed by atoms with E-state index in [9.17, 15) is 0 Å². The minimum Gasteiger partial charge on any atom is -0.147 e. The normalized spacial score (nSPS) is 22.1. The van der Waals surface area contributed by atoms with Gasteiger partial charge in [0.2, 0.25) is 0 Å². The number of halogens is 2. The molecule has 4 aromatic carbocycles. The van der Waals surface area contributed by atoms with E-state index in [1.807, 2.05) is 0 Å². The molecule has 0 heterocycles. The van der Waals surface area contributed by atoms with E-state index in [0.717, 1.165) is 17.8 Å². The van der Waals surface area contributed by atoms with E-state index >= 15 is 0 Å². The number of allylic oxidation sites excluding steroid dienone is 2. The summed E-state index contributed by atoms with van der Waals surface area (Å²) in [5.74, 6) is 2.24. The van der Waals surface area contributed by atoms with Gasteiger partial charge >= 0.3 is 319 Å². The number of fused-ring (bicyclic) bond motifs is 2. The van der Waals surface area contributed by atoms with Gasteiger partial charge in [-0.3, -0.25) is 0 Å². The molecule has 0 amide bonds. The van der Waals surface area contributed by atoms with Gasteiger partial charge in [0.1, 0.15) is 0 Å². The molecule has 9 rings (SSSR count). The SMILES string of the molecule is CC1=Cc2c(-c3ccc(C4CCCCC4)cc3)cccc2[CH]1[Zr]([CH3])([CH3])(=[SiH2])[CH]1C(C2CCCC2)=Cc2c(-c3ccc(C4CCCCC4)cc3)cccc21.Cl.Cl. The van der Waals surface area contributed by atoms with Crippen LogP contribution in [0.1, 0.15) is 149 Å². The Morgan fingerprint density at radius 2 is 0.889 bits per heavy atom. The summed E-state index contributed by atoms with van der Waals surface area (Å²) in [5.41, 5.74) is 18.5. The molecule has 2 unspecified atom stereocenters. The third-order valence-electron chi connectivity index (χ3n) is 14.7. The van der Waals surface area contributed by atoms with Crippen molar-refractivity contribution in [2.45, 2.75) is 125 Å². The molecule has 0 saturated heterocycles. The average molecular weight is 853 g/mol. The van der Waals surface area contributed by atoms with Crippen LogP contribution in [-0.4, -0.2) is 6.88 Å². The molecule has 54 heavy (non-hydrogen) atoms. The summed E-state index contributed by atoms with van der Waals surface area (Å²) in [5, 5.41) is 0. The summed E-state index contributed by atoms with van der Waals surface area (Å²) in [6, 6.07) is 34.3. The van der Waals surface area contributed by atoms with Crippen LogP contribution in [0.2, 0.25) is 9.26 Å². The summed E-state index contributed by atoms with van der Waals surface area (Å²) in [6.45, 7) is 5.00. The van der Waals surface area contributed by atoms with Crippen molar-refractivity contribution in [3.8, 4) is 22.3 Å². The van der Waals surface area contributed by atoms with Gasteiger partial charge in [0, 0.05) is 0 Å². The molecule has 0 aromatic heterocycles. The summed E-state index contributed by atoms with van der Waals surface area (Å²) in [6.07, 6.45) is 24.7. The van der Waals surface area contributed by atoms with Gasteiger partial charge in [-0.05, 0) is 0 Å². The Bertz CT molecular complexity index is 2100. The summed E-state index contributed by atoms with van der Waals surface area (Å²) < 4.78 is 6.82. The number of hydrogen-bond acceptors (Lipinski definition) is 0. The monoisotopic (exact) mass is 850 g/mol. The van der Waals surface area contributed by atoms with Crippen molar-refractivity contribution in [3.63, 3.8) is 0 Å². The van der Waals surface area contributed by atoms with E-state index in [4.69, 9.17) is 0 Å². The summed E-state index contributed by atoms with van der Waals surface area (Å²) in [4.78, 5) is 0. The minimum atomic E-state index is -3.69.